The Kier molecular flexibility index (Phi) is 6.59. The molecule has 0 aliphatic rings. The number of carbonyl (C=O) groups is 2. The van der Waals surface area contributed by atoms with Crippen LogP contribution in [0.25, 0.3) is 10.2 Å². The molecule has 0 saturated carbocycles. The molecule has 0 N–H and O–H groups in total. The van der Waals surface area contributed by atoms with E-state index >= 15 is 0 Å². The molecule has 0 saturated heterocycles. The van der Waals surface area contributed by atoms with Crippen molar-refractivity contribution >= 4 is 54.3 Å². The molecule has 0 fully saturated rings. The third kappa shape index (κ3) is 4.84. The predicted octanol–water partition coefficient (Wildman–Crippen LogP) is 4.86. The van der Waals surface area contributed by atoms with Crippen LogP contribution in [-0.2, 0) is 0 Å². The molecule has 1 amide bonds. The Balaban J connectivity index is 1.92. The van der Waals surface area contributed by atoms with E-state index in [4.69, 9.17) is 0 Å². The first-order valence-corrected chi connectivity index (χ1v) is 10.6. The zero-order chi connectivity index (χ0) is 20.3. The zero-order valence-corrected chi connectivity index (χ0v) is 18.5. The first-order valence-electron chi connectivity index (χ1n) is 8.99. The summed E-state index contributed by atoms with van der Waals surface area (Å²) in [6.07, 6.45) is 0.837. The molecule has 7 heteroatoms. The molecule has 0 unspecified atom stereocenters. The third-order valence-corrected chi connectivity index (χ3v) is 5.88. The predicted molar refractivity (Wildman–Crippen MR) is 119 cm³/mol. The molecule has 5 nitrogen and oxygen atoms in total. The maximum atomic E-state index is 13.2. The second-order valence-electron chi connectivity index (χ2n) is 6.86. The molecule has 1 heterocycles. The molecular formula is C21H22BrN3O2S. The number of ketones is 1. The summed E-state index contributed by atoms with van der Waals surface area (Å²) in [6, 6.07) is 12.7. The largest absolute Gasteiger partial charge is 0.309 e. The molecule has 0 bridgehead atoms. The normalized spacial score (nSPS) is 11.2. The highest BCUT2D eigenvalue weighted by molar-refractivity contribution is 9.10. The van der Waals surface area contributed by atoms with E-state index in [9.17, 15) is 9.59 Å². The highest BCUT2D eigenvalue weighted by atomic mass is 79.9. The SMILES string of the molecule is CC(=O)c1ccc(C(=O)N(CCCN(C)C)c2nc3ccc(Br)cc3s2)cc1. The minimum atomic E-state index is -0.105. The van der Waals surface area contributed by atoms with Gasteiger partial charge in [-0.05, 0) is 64.3 Å². The van der Waals surface area contributed by atoms with Gasteiger partial charge in [-0.3, -0.25) is 14.5 Å². The molecule has 3 aromatic rings. The van der Waals surface area contributed by atoms with E-state index in [2.05, 4.69) is 25.8 Å². The maximum Gasteiger partial charge on any atom is 0.260 e. The summed E-state index contributed by atoms with van der Waals surface area (Å²) in [5.41, 5.74) is 2.02. The second kappa shape index (κ2) is 8.94. The number of hydrogen-bond donors (Lipinski definition) is 0. The molecule has 2 aromatic carbocycles. The topological polar surface area (TPSA) is 53.5 Å². The van der Waals surface area contributed by atoms with Gasteiger partial charge in [-0.1, -0.05) is 39.4 Å². The molecule has 146 valence electrons. The van der Waals surface area contributed by atoms with E-state index in [1.165, 1.54) is 18.3 Å². The standard InChI is InChI=1S/C21H22BrN3O2S/c1-14(26)15-5-7-16(8-6-15)20(27)25(12-4-11-24(2)3)21-23-18-10-9-17(22)13-19(18)28-21/h5-10,13H,4,11-12H2,1-3H3. The summed E-state index contributed by atoms with van der Waals surface area (Å²) in [5, 5.41) is 0.688. The van der Waals surface area contributed by atoms with Gasteiger partial charge in [0, 0.05) is 22.1 Å². The van der Waals surface area contributed by atoms with Crippen molar-refractivity contribution in [1.82, 2.24) is 9.88 Å². The second-order valence-corrected chi connectivity index (χ2v) is 8.78. The molecule has 0 aliphatic heterocycles. The fourth-order valence-corrected chi connectivity index (χ4v) is 4.38. The van der Waals surface area contributed by atoms with Gasteiger partial charge in [0.2, 0.25) is 0 Å². The lowest BCUT2D eigenvalue weighted by atomic mass is 10.1. The van der Waals surface area contributed by atoms with Gasteiger partial charge in [0.15, 0.2) is 10.9 Å². The Labute approximate surface area is 177 Å². The summed E-state index contributed by atoms with van der Waals surface area (Å²) in [5.74, 6) is -0.120. The van der Waals surface area contributed by atoms with Crippen molar-refractivity contribution in [3.8, 4) is 0 Å². The Hall–Kier alpha value is -2.09. The lowest BCUT2D eigenvalue weighted by Gasteiger charge is -2.21. The summed E-state index contributed by atoms with van der Waals surface area (Å²) >= 11 is 4.99. The minimum absolute atomic E-state index is 0.0152. The van der Waals surface area contributed by atoms with Crippen molar-refractivity contribution in [2.75, 3.05) is 32.1 Å². The van der Waals surface area contributed by atoms with Crippen LogP contribution in [-0.4, -0.2) is 48.8 Å². The van der Waals surface area contributed by atoms with Crippen LogP contribution in [0.2, 0.25) is 0 Å². The van der Waals surface area contributed by atoms with E-state index in [-0.39, 0.29) is 11.7 Å². The molecule has 0 spiro atoms. The van der Waals surface area contributed by atoms with Crippen LogP contribution in [0, 0.1) is 0 Å². The highest BCUT2D eigenvalue weighted by Gasteiger charge is 2.21. The smallest absolute Gasteiger partial charge is 0.260 e. The summed E-state index contributed by atoms with van der Waals surface area (Å²) in [7, 11) is 4.03. The van der Waals surface area contributed by atoms with Crippen LogP contribution in [0.4, 0.5) is 5.13 Å². The fraction of sp³-hybridized carbons (Fsp3) is 0.286. The van der Waals surface area contributed by atoms with Crippen molar-refractivity contribution in [2.24, 2.45) is 0 Å². The molecule has 1 aromatic heterocycles. The number of anilines is 1. The minimum Gasteiger partial charge on any atom is -0.309 e. The van der Waals surface area contributed by atoms with Crippen molar-refractivity contribution < 1.29 is 9.59 Å². The van der Waals surface area contributed by atoms with Crippen molar-refractivity contribution in [3.05, 3.63) is 58.1 Å². The number of rotatable bonds is 7. The quantitative estimate of drug-likeness (QED) is 0.473. The van der Waals surface area contributed by atoms with Crippen LogP contribution in [0.3, 0.4) is 0 Å². The van der Waals surface area contributed by atoms with Gasteiger partial charge < -0.3 is 4.90 Å². The summed E-state index contributed by atoms with van der Waals surface area (Å²) in [4.78, 5) is 33.2. The third-order valence-electron chi connectivity index (χ3n) is 4.34. The highest BCUT2D eigenvalue weighted by Crippen LogP contribution is 2.31. The molecule has 0 radical (unpaired) electrons. The van der Waals surface area contributed by atoms with Crippen LogP contribution >= 0.6 is 27.3 Å². The van der Waals surface area contributed by atoms with E-state index in [1.54, 1.807) is 29.2 Å². The molecule has 3 rings (SSSR count). The van der Waals surface area contributed by atoms with E-state index < -0.39 is 0 Å². The number of carbonyl (C=O) groups excluding carboxylic acids is 2. The van der Waals surface area contributed by atoms with Gasteiger partial charge in [-0.2, -0.15) is 0 Å². The first kappa shape index (κ1) is 20.6. The number of fused-ring (bicyclic) bond motifs is 1. The fourth-order valence-electron chi connectivity index (χ4n) is 2.83. The number of hydrogen-bond acceptors (Lipinski definition) is 5. The number of benzene rings is 2. The van der Waals surface area contributed by atoms with Gasteiger partial charge in [0.05, 0.1) is 10.2 Å². The number of amides is 1. The van der Waals surface area contributed by atoms with Crippen molar-refractivity contribution in [2.45, 2.75) is 13.3 Å². The van der Waals surface area contributed by atoms with Gasteiger partial charge in [0.25, 0.3) is 5.91 Å². The van der Waals surface area contributed by atoms with Crippen LogP contribution in [0.5, 0.6) is 0 Å². The van der Waals surface area contributed by atoms with Crippen LogP contribution in [0.1, 0.15) is 34.1 Å². The van der Waals surface area contributed by atoms with Gasteiger partial charge in [-0.25, -0.2) is 4.98 Å². The number of Topliss-reactive ketones (excluding diaryl/α,β-unsaturated/α-hetero) is 1. The summed E-state index contributed by atoms with van der Waals surface area (Å²) in [6.45, 7) is 2.97. The zero-order valence-electron chi connectivity index (χ0n) is 16.1. The Morgan fingerprint density at radius 3 is 2.36 bits per heavy atom. The molecular weight excluding hydrogens is 438 g/mol. The van der Waals surface area contributed by atoms with E-state index in [0.717, 1.165) is 27.7 Å². The van der Waals surface area contributed by atoms with Crippen LogP contribution in [0.15, 0.2) is 46.9 Å². The average Bonchev–Trinajstić information content (AvgIpc) is 3.07. The number of aromatic nitrogens is 1. The van der Waals surface area contributed by atoms with Crippen molar-refractivity contribution in [1.29, 1.82) is 0 Å². The lowest BCUT2D eigenvalue weighted by Crippen LogP contribution is -2.33. The van der Waals surface area contributed by atoms with Gasteiger partial charge in [0.1, 0.15) is 0 Å². The average molecular weight is 460 g/mol. The Morgan fingerprint density at radius 1 is 1.04 bits per heavy atom. The van der Waals surface area contributed by atoms with Crippen molar-refractivity contribution in [3.63, 3.8) is 0 Å². The molecule has 0 atom stereocenters. The monoisotopic (exact) mass is 459 g/mol. The van der Waals surface area contributed by atoms with Gasteiger partial charge >= 0.3 is 0 Å². The lowest BCUT2D eigenvalue weighted by molar-refractivity contribution is 0.0981. The Morgan fingerprint density at radius 2 is 1.71 bits per heavy atom. The molecule has 28 heavy (non-hydrogen) atoms. The number of halogens is 1. The first-order chi connectivity index (χ1) is 13.3. The molecule has 0 aliphatic carbocycles. The van der Waals surface area contributed by atoms with E-state index in [1.807, 2.05) is 32.3 Å². The number of nitrogens with zero attached hydrogens (tertiary/aromatic N) is 3. The Bertz CT molecular complexity index is 999. The summed E-state index contributed by atoms with van der Waals surface area (Å²) < 4.78 is 2.02. The van der Waals surface area contributed by atoms with Crippen LogP contribution < -0.4 is 4.90 Å². The number of thiazole rings is 1. The van der Waals surface area contributed by atoms with Gasteiger partial charge in [-0.15, -0.1) is 0 Å². The maximum absolute atomic E-state index is 13.2. The van der Waals surface area contributed by atoms with E-state index in [0.29, 0.717) is 22.8 Å².